The number of thioether (sulfide) groups is 1. The Balaban J connectivity index is 1.52. The zero-order valence-electron chi connectivity index (χ0n) is 12.6. The fraction of sp³-hybridized carbons (Fsp3) is 0.562. The van der Waals surface area contributed by atoms with Crippen LogP contribution in [0.4, 0.5) is 9.18 Å². The van der Waals surface area contributed by atoms with Crippen molar-refractivity contribution in [2.45, 2.75) is 49.1 Å². The fourth-order valence-corrected chi connectivity index (χ4v) is 3.30. The van der Waals surface area contributed by atoms with Crippen LogP contribution in [0, 0.1) is 5.82 Å². The Hall–Kier alpha value is -1.27. The van der Waals surface area contributed by atoms with E-state index in [-0.39, 0.29) is 24.0 Å². The van der Waals surface area contributed by atoms with E-state index in [0.29, 0.717) is 6.54 Å². The van der Waals surface area contributed by atoms with E-state index in [1.165, 1.54) is 12.1 Å². The Kier molecular flexibility index (Phi) is 6.99. The Labute approximate surface area is 134 Å². The summed E-state index contributed by atoms with van der Waals surface area (Å²) in [4.78, 5) is 12.8. The highest BCUT2D eigenvalue weighted by Gasteiger charge is 2.20. The quantitative estimate of drug-likeness (QED) is 0.556. The summed E-state index contributed by atoms with van der Waals surface area (Å²) < 4.78 is 12.8. The summed E-state index contributed by atoms with van der Waals surface area (Å²) in [6.07, 6.45) is 3.87. The van der Waals surface area contributed by atoms with Gasteiger partial charge in [0, 0.05) is 17.5 Å². The molecule has 22 heavy (non-hydrogen) atoms. The number of hydrogen-bond donors (Lipinski definition) is 3. The Morgan fingerprint density at radius 2 is 1.91 bits per heavy atom. The Bertz CT molecular complexity index is 462. The molecule has 2 amide bonds. The molecule has 0 heterocycles. The molecule has 2 rings (SSSR count). The smallest absolute Gasteiger partial charge is 0.315 e. The van der Waals surface area contributed by atoms with Gasteiger partial charge in [-0.05, 0) is 62.1 Å². The Morgan fingerprint density at radius 3 is 2.59 bits per heavy atom. The first-order chi connectivity index (χ1) is 10.6. The Morgan fingerprint density at radius 1 is 1.23 bits per heavy atom. The highest BCUT2D eigenvalue weighted by atomic mass is 32.2. The van der Waals surface area contributed by atoms with E-state index in [4.69, 9.17) is 0 Å². The number of carbonyl (C=O) groups is 1. The maximum Gasteiger partial charge on any atom is 0.315 e. The monoisotopic (exact) mass is 326 g/mol. The van der Waals surface area contributed by atoms with Crippen molar-refractivity contribution in [1.29, 1.82) is 0 Å². The third-order valence-corrected chi connectivity index (χ3v) is 4.82. The van der Waals surface area contributed by atoms with Gasteiger partial charge >= 0.3 is 6.03 Å². The minimum Gasteiger partial charge on any atom is -0.393 e. The molecule has 0 aromatic heterocycles. The maximum absolute atomic E-state index is 12.8. The number of aliphatic hydroxyl groups excluding tert-OH is 1. The number of nitrogens with one attached hydrogen (secondary N) is 2. The second-order valence-electron chi connectivity index (χ2n) is 5.56. The minimum atomic E-state index is -0.224. The lowest BCUT2D eigenvalue weighted by atomic mass is 9.93. The molecule has 0 aliphatic heterocycles. The van der Waals surface area contributed by atoms with Crippen LogP contribution >= 0.6 is 11.8 Å². The average molecular weight is 326 g/mol. The van der Waals surface area contributed by atoms with Crippen LogP contribution in [-0.4, -0.2) is 35.6 Å². The molecule has 122 valence electrons. The molecule has 0 bridgehead atoms. The van der Waals surface area contributed by atoms with Gasteiger partial charge in [-0.3, -0.25) is 0 Å². The van der Waals surface area contributed by atoms with Crippen molar-refractivity contribution >= 4 is 17.8 Å². The molecule has 1 saturated carbocycles. The molecule has 1 aromatic rings. The minimum absolute atomic E-state index is 0.131. The van der Waals surface area contributed by atoms with Crippen molar-refractivity contribution in [3.8, 4) is 0 Å². The number of rotatable bonds is 6. The van der Waals surface area contributed by atoms with E-state index in [1.54, 1.807) is 23.9 Å². The summed E-state index contributed by atoms with van der Waals surface area (Å²) in [5, 5.41) is 15.2. The van der Waals surface area contributed by atoms with E-state index in [1.807, 2.05) is 0 Å². The van der Waals surface area contributed by atoms with Crippen LogP contribution in [0.25, 0.3) is 0 Å². The third kappa shape index (κ3) is 6.23. The van der Waals surface area contributed by atoms with Gasteiger partial charge in [0.05, 0.1) is 6.10 Å². The molecule has 0 radical (unpaired) electrons. The van der Waals surface area contributed by atoms with Gasteiger partial charge in [-0.25, -0.2) is 9.18 Å². The second kappa shape index (κ2) is 9.00. The standard InChI is InChI=1S/C16H23FN2O2S/c17-12-2-8-15(9-3-12)22-11-1-10-18-16(21)19-13-4-6-14(20)7-5-13/h2-3,8-9,13-14,20H,1,4-7,10-11H2,(H2,18,19,21). The number of halogens is 1. The molecular weight excluding hydrogens is 303 g/mol. The molecule has 0 atom stereocenters. The summed E-state index contributed by atoms with van der Waals surface area (Å²) in [7, 11) is 0. The van der Waals surface area contributed by atoms with Crippen LogP contribution in [0.1, 0.15) is 32.1 Å². The van der Waals surface area contributed by atoms with E-state index in [2.05, 4.69) is 10.6 Å². The lowest BCUT2D eigenvalue weighted by Gasteiger charge is -2.26. The number of aliphatic hydroxyl groups is 1. The van der Waals surface area contributed by atoms with Crippen molar-refractivity contribution < 1.29 is 14.3 Å². The van der Waals surface area contributed by atoms with Crippen molar-refractivity contribution in [1.82, 2.24) is 10.6 Å². The van der Waals surface area contributed by atoms with E-state index >= 15 is 0 Å². The van der Waals surface area contributed by atoms with Gasteiger partial charge in [-0.15, -0.1) is 11.8 Å². The predicted octanol–water partition coefficient (Wildman–Crippen LogP) is 2.91. The van der Waals surface area contributed by atoms with Gasteiger partial charge in [-0.1, -0.05) is 0 Å². The van der Waals surface area contributed by atoms with Crippen molar-refractivity contribution in [2.24, 2.45) is 0 Å². The number of carbonyl (C=O) groups excluding carboxylic acids is 1. The summed E-state index contributed by atoms with van der Waals surface area (Å²) in [5.41, 5.74) is 0. The van der Waals surface area contributed by atoms with Gasteiger partial charge in [-0.2, -0.15) is 0 Å². The third-order valence-electron chi connectivity index (χ3n) is 3.72. The fourth-order valence-electron chi connectivity index (χ4n) is 2.45. The topological polar surface area (TPSA) is 61.4 Å². The predicted molar refractivity (Wildman–Crippen MR) is 86.5 cm³/mol. The average Bonchev–Trinajstić information content (AvgIpc) is 2.51. The largest absolute Gasteiger partial charge is 0.393 e. The number of urea groups is 1. The van der Waals surface area contributed by atoms with Gasteiger partial charge in [0.2, 0.25) is 0 Å². The van der Waals surface area contributed by atoms with Crippen molar-refractivity contribution in [3.63, 3.8) is 0 Å². The molecule has 1 aliphatic rings. The first-order valence-corrected chi connectivity index (χ1v) is 8.73. The lowest BCUT2D eigenvalue weighted by molar-refractivity contribution is 0.117. The summed E-state index contributed by atoms with van der Waals surface area (Å²) in [6, 6.07) is 6.48. The number of benzene rings is 1. The van der Waals surface area contributed by atoms with Gasteiger partial charge < -0.3 is 15.7 Å². The van der Waals surface area contributed by atoms with Crippen LogP contribution in [-0.2, 0) is 0 Å². The molecule has 1 aromatic carbocycles. The normalized spacial score (nSPS) is 21.4. The first kappa shape index (κ1) is 17.1. The summed E-state index contributed by atoms with van der Waals surface area (Å²) in [5.74, 6) is 0.652. The SMILES string of the molecule is O=C(NCCCSc1ccc(F)cc1)NC1CCC(O)CC1. The number of hydrogen-bond acceptors (Lipinski definition) is 3. The first-order valence-electron chi connectivity index (χ1n) is 7.74. The molecule has 3 N–H and O–H groups in total. The molecule has 0 saturated heterocycles. The zero-order chi connectivity index (χ0) is 15.8. The highest BCUT2D eigenvalue weighted by Crippen LogP contribution is 2.19. The second-order valence-corrected chi connectivity index (χ2v) is 6.73. The van der Waals surface area contributed by atoms with Crippen molar-refractivity contribution in [2.75, 3.05) is 12.3 Å². The van der Waals surface area contributed by atoms with Gasteiger partial charge in [0.15, 0.2) is 0 Å². The molecule has 0 unspecified atom stereocenters. The molecule has 0 spiro atoms. The molecular formula is C16H23FN2O2S. The zero-order valence-corrected chi connectivity index (χ0v) is 13.4. The maximum atomic E-state index is 12.8. The van der Waals surface area contributed by atoms with Crippen molar-refractivity contribution in [3.05, 3.63) is 30.1 Å². The highest BCUT2D eigenvalue weighted by molar-refractivity contribution is 7.99. The van der Waals surface area contributed by atoms with Crippen LogP contribution in [0.15, 0.2) is 29.2 Å². The van der Waals surface area contributed by atoms with E-state index in [9.17, 15) is 14.3 Å². The van der Waals surface area contributed by atoms with Crippen LogP contribution in [0.5, 0.6) is 0 Å². The number of amides is 2. The molecule has 4 nitrogen and oxygen atoms in total. The molecule has 1 aliphatic carbocycles. The van der Waals surface area contributed by atoms with Crippen LogP contribution in [0.3, 0.4) is 0 Å². The molecule has 1 fully saturated rings. The van der Waals surface area contributed by atoms with Gasteiger partial charge in [0.25, 0.3) is 0 Å². The molecule has 6 heteroatoms. The summed E-state index contributed by atoms with van der Waals surface area (Å²) >= 11 is 1.65. The van der Waals surface area contributed by atoms with Gasteiger partial charge in [0.1, 0.15) is 5.82 Å². The van der Waals surface area contributed by atoms with E-state index in [0.717, 1.165) is 42.8 Å². The summed E-state index contributed by atoms with van der Waals surface area (Å²) in [6.45, 7) is 0.620. The lowest BCUT2D eigenvalue weighted by Crippen LogP contribution is -2.44. The van der Waals surface area contributed by atoms with E-state index < -0.39 is 0 Å². The van der Waals surface area contributed by atoms with Crippen LogP contribution in [0.2, 0.25) is 0 Å². The van der Waals surface area contributed by atoms with Crippen LogP contribution < -0.4 is 10.6 Å².